The van der Waals surface area contributed by atoms with E-state index in [1.165, 1.54) is 32.1 Å². The molecule has 0 atom stereocenters. The Morgan fingerprint density at radius 2 is 1.76 bits per heavy atom. The fraction of sp³-hybridized carbons (Fsp3) is 0.423. The van der Waals surface area contributed by atoms with Crippen molar-refractivity contribution in [2.24, 2.45) is 0 Å². The topological polar surface area (TPSA) is 76.0 Å². The van der Waals surface area contributed by atoms with Crippen LogP contribution in [0.4, 0.5) is 0 Å². The van der Waals surface area contributed by atoms with Crippen LogP contribution >= 0.6 is 0 Å². The molecule has 1 aliphatic heterocycles. The molecule has 0 N–H and O–H groups in total. The highest BCUT2D eigenvalue weighted by atomic mass is 16.4. The minimum atomic E-state index is -0.140. The second-order valence-electron chi connectivity index (χ2n) is 9.39. The summed E-state index contributed by atoms with van der Waals surface area (Å²) in [5.74, 6) is 0.816. The molecule has 1 aliphatic carbocycles. The number of carbonyl (C=O) groups excluding carboxylic acids is 1. The Morgan fingerprint density at radius 1 is 0.971 bits per heavy atom. The second kappa shape index (κ2) is 8.76. The molecule has 4 aromatic heterocycles. The van der Waals surface area contributed by atoms with Crippen LogP contribution in [0.15, 0.2) is 58.0 Å². The van der Waals surface area contributed by atoms with Crippen LogP contribution in [0, 0.1) is 0 Å². The zero-order valence-electron chi connectivity index (χ0n) is 19.2. The second-order valence-corrected chi connectivity index (χ2v) is 9.39. The summed E-state index contributed by atoms with van der Waals surface area (Å²) in [5, 5.41) is 0. The van der Waals surface area contributed by atoms with E-state index in [0.29, 0.717) is 28.7 Å². The van der Waals surface area contributed by atoms with Crippen LogP contribution in [0.2, 0.25) is 0 Å². The van der Waals surface area contributed by atoms with Gasteiger partial charge in [-0.15, -0.1) is 0 Å². The molecule has 2 fully saturated rings. The van der Waals surface area contributed by atoms with Gasteiger partial charge in [0.05, 0.1) is 12.1 Å². The molecular weight excluding hydrogens is 430 g/mol. The Morgan fingerprint density at radius 3 is 2.59 bits per heavy atom. The van der Waals surface area contributed by atoms with E-state index in [2.05, 4.69) is 9.88 Å². The van der Waals surface area contributed by atoms with Crippen LogP contribution in [0.1, 0.15) is 48.4 Å². The number of fused-ring (bicyclic) bond motifs is 3. The van der Waals surface area contributed by atoms with Crippen LogP contribution in [0.5, 0.6) is 0 Å². The van der Waals surface area contributed by atoms with Crippen molar-refractivity contribution in [2.45, 2.75) is 44.7 Å². The molecule has 0 aromatic carbocycles. The number of hydrogen-bond donors (Lipinski definition) is 0. The van der Waals surface area contributed by atoms with Gasteiger partial charge in [-0.05, 0) is 49.2 Å². The summed E-state index contributed by atoms with van der Waals surface area (Å²) in [6.07, 6.45) is 10.1. The lowest BCUT2D eigenvalue weighted by Crippen LogP contribution is -2.52. The van der Waals surface area contributed by atoms with Crippen LogP contribution in [-0.2, 0) is 6.54 Å². The van der Waals surface area contributed by atoms with Crippen molar-refractivity contribution in [1.82, 2.24) is 23.8 Å². The number of rotatable bonds is 4. The van der Waals surface area contributed by atoms with Gasteiger partial charge >= 0.3 is 0 Å². The highest BCUT2D eigenvalue weighted by molar-refractivity contribution is 5.91. The standard InChI is InChI=1S/C26H29N5O3/c32-25-22-9-5-13-30(22)21-8-4-12-27-24(21)31(25)18-20-10-11-23(34-20)26(33)29-16-14-28(15-17-29)19-6-2-1-3-7-19/h4-5,8-13,19H,1-3,6-7,14-18H2. The maximum Gasteiger partial charge on any atom is 0.289 e. The number of hydrogen-bond acceptors (Lipinski definition) is 5. The molecule has 0 bridgehead atoms. The molecule has 0 unspecified atom stereocenters. The number of aromatic nitrogens is 3. The third-order valence-electron chi connectivity index (χ3n) is 7.37. The van der Waals surface area contributed by atoms with Crippen molar-refractivity contribution >= 4 is 22.6 Å². The Labute approximate surface area is 197 Å². The van der Waals surface area contributed by atoms with Crippen molar-refractivity contribution in [3.05, 3.63) is 70.7 Å². The number of carbonyl (C=O) groups is 1. The summed E-state index contributed by atoms with van der Waals surface area (Å²) in [6, 6.07) is 11.6. The summed E-state index contributed by atoms with van der Waals surface area (Å²) in [7, 11) is 0. The van der Waals surface area contributed by atoms with Gasteiger partial charge in [-0.25, -0.2) is 4.98 Å². The average Bonchev–Trinajstić information content (AvgIpc) is 3.57. The summed E-state index contributed by atoms with van der Waals surface area (Å²) < 4.78 is 9.41. The SMILES string of the molecule is O=C(c1ccc(Cn2c(=O)c3cccn3c3cccnc32)o1)N1CCN(C2CCCCC2)CC1. The molecule has 1 amide bonds. The first-order chi connectivity index (χ1) is 16.7. The first-order valence-corrected chi connectivity index (χ1v) is 12.3. The maximum atomic E-state index is 13.1. The predicted octanol–water partition coefficient (Wildman–Crippen LogP) is 3.38. The van der Waals surface area contributed by atoms with Crippen molar-refractivity contribution < 1.29 is 9.21 Å². The number of nitrogens with zero attached hydrogens (tertiary/aromatic N) is 5. The lowest BCUT2D eigenvalue weighted by atomic mass is 9.94. The van der Waals surface area contributed by atoms with Gasteiger partial charge in [0.25, 0.3) is 11.5 Å². The van der Waals surface area contributed by atoms with E-state index in [-0.39, 0.29) is 18.0 Å². The summed E-state index contributed by atoms with van der Waals surface area (Å²) in [6.45, 7) is 3.52. The smallest absolute Gasteiger partial charge is 0.289 e. The number of furan rings is 1. The van der Waals surface area contributed by atoms with Gasteiger partial charge in [-0.1, -0.05) is 19.3 Å². The van der Waals surface area contributed by atoms with Crippen molar-refractivity contribution in [1.29, 1.82) is 0 Å². The minimum absolute atomic E-state index is 0.0769. The summed E-state index contributed by atoms with van der Waals surface area (Å²) in [5.41, 5.74) is 1.87. The zero-order valence-corrected chi connectivity index (χ0v) is 19.2. The first-order valence-electron chi connectivity index (χ1n) is 12.3. The largest absolute Gasteiger partial charge is 0.454 e. The molecule has 8 nitrogen and oxygen atoms in total. The first kappa shape index (κ1) is 21.2. The molecule has 6 rings (SSSR count). The molecule has 8 heteroatoms. The Balaban J connectivity index is 1.19. The van der Waals surface area contributed by atoms with E-state index in [4.69, 9.17) is 4.42 Å². The molecule has 1 saturated heterocycles. The Bertz CT molecular complexity index is 1390. The zero-order chi connectivity index (χ0) is 23.1. The van der Waals surface area contributed by atoms with Crippen LogP contribution in [-0.4, -0.2) is 61.9 Å². The van der Waals surface area contributed by atoms with Gasteiger partial charge < -0.3 is 13.7 Å². The van der Waals surface area contributed by atoms with Gasteiger partial charge in [-0.2, -0.15) is 0 Å². The van der Waals surface area contributed by atoms with E-state index in [9.17, 15) is 9.59 Å². The number of amides is 1. The monoisotopic (exact) mass is 459 g/mol. The van der Waals surface area contributed by atoms with Gasteiger partial charge in [-0.3, -0.25) is 19.1 Å². The lowest BCUT2D eigenvalue weighted by Gasteiger charge is -2.40. The fourth-order valence-corrected chi connectivity index (χ4v) is 5.56. The van der Waals surface area contributed by atoms with Gasteiger partial charge in [0.15, 0.2) is 11.4 Å². The third kappa shape index (κ3) is 3.72. The van der Waals surface area contributed by atoms with Crippen LogP contribution in [0.25, 0.3) is 16.7 Å². The van der Waals surface area contributed by atoms with E-state index >= 15 is 0 Å². The number of pyridine rings is 1. The Hall–Kier alpha value is -3.39. The van der Waals surface area contributed by atoms with Gasteiger partial charge in [0.2, 0.25) is 0 Å². The van der Waals surface area contributed by atoms with Crippen LogP contribution in [0.3, 0.4) is 0 Å². The van der Waals surface area contributed by atoms with Crippen molar-refractivity contribution in [2.75, 3.05) is 26.2 Å². The highest BCUT2D eigenvalue weighted by Gasteiger charge is 2.28. The fourth-order valence-electron chi connectivity index (χ4n) is 5.56. The summed E-state index contributed by atoms with van der Waals surface area (Å²) in [4.78, 5) is 35.1. The van der Waals surface area contributed by atoms with E-state index < -0.39 is 0 Å². The molecule has 2 aliphatic rings. The molecule has 0 radical (unpaired) electrons. The molecule has 34 heavy (non-hydrogen) atoms. The lowest BCUT2D eigenvalue weighted by molar-refractivity contribution is 0.0496. The predicted molar refractivity (Wildman–Crippen MR) is 129 cm³/mol. The maximum absolute atomic E-state index is 13.1. The van der Waals surface area contributed by atoms with Crippen molar-refractivity contribution in [3.63, 3.8) is 0 Å². The van der Waals surface area contributed by atoms with E-state index in [1.807, 2.05) is 33.7 Å². The molecule has 5 heterocycles. The molecular formula is C26H29N5O3. The minimum Gasteiger partial charge on any atom is -0.454 e. The Kier molecular flexibility index (Phi) is 5.45. The van der Waals surface area contributed by atoms with Crippen molar-refractivity contribution in [3.8, 4) is 0 Å². The highest BCUT2D eigenvalue weighted by Crippen LogP contribution is 2.24. The molecule has 176 valence electrons. The quantitative estimate of drug-likeness (QED) is 0.468. The van der Waals surface area contributed by atoms with Crippen LogP contribution < -0.4 is 5.56 Å². The average molecular weight is 460 g/mol. The number of piperazine rings is 1. The van der Waals surface area contributed by atoms with E-state index in [1.54, 1.807) is 29.0 Å². The van der Waals surface area contributed by atoms with Gasteiger partial charge in [0, 0.05) is 44.6 Å². The normalized spacial score (nSPS) is 18.2. The molecule has 1 saturated carbocycles. The summed E-state index contributed by atoms with van der Waals surface area (Å²) >= 11 is 0. The molecule has 0 spiro atoms. The third-order valence-corrected chi connectivity index (χ3v) is 7.37. The van der Waals surface area contributed by atoms with Gasteiger partial charge in [0.1, 0.15) is 11.3 Å². The molecule has 4 aromatic rings. The van der Waals surface area contributed by atoms with E-state index in [0.717, 1.165) is 31.7 Å².